The summed E-state index contributed by atoms with van der Waals surface area (Å²) in [5.74, 6) is -1.26. The Hall–Kier alpha value is -3.66. The minimum absolute atomic E-state index is 0.0641. The third-order valence-electron chi connectivity index (χ3n) is 7.94. The highest BCUT2D eigenvalue weighted by atomic mass is 19.1. The Morgan fingerprint density at radius 3 is 2.66 bits per heavy atom. The van der Waals surface area contributed by atoms with E-state index in [4.69, 9.17) is 14.5 Å². The second-order valence-corrected chi connectivity index (χ2v) is 10.1. The molecule has 1 aliphatic carbocycles. The van der Waals surface area contributed by atoms with Gasteiger partial charge < -0.3 is 24.3 Å². The van der Waals surface area contributed by atoms with Crippen LogP contribution in [-0.2, 0) is 16.0 Å². The van der Waals surface area contributed by atoms with Gasteiger partial charge in [0.05, 0.1) is 36.9 Å². The zero-order chi connectivity index (χ0) is 27.1. The lowest BCUT2D eigenvalue weighted by Gasteiger charge is -2.34. The topological polar surface area (TPSA) is 114 Å². The molecule has 0 saturated heterocycles. The molecule has 9 nitrogen and oxygen atoms in total. The number of aromatic nitrogens is 2. The average molecular weight is 526 g/mol. The molecule has 1 saturated carbocycles. The van der Waals surface area contributed by atoms with Crippen LogP contribution in [0.1, 0.15) is 68.1 Å². The van der Waals surface area contributed by atoms with Crippen LogP contribution < -0.4 is 9.64 Å². The van der Waals surface area contributed by atoms with Crippen LogP contribution in [0.5, 0.6) is 5.75 Å². The lowest BCUT2D eigenvalue weighted by Crippen LogP contribution is -2.42. The van der Waals surface area contributed by atoms with E-state index in [9.17, 15) is 24.2 Å². The van der Waals surface area contributed by atoms with Crippen molar-refractivity contribution in [1.29, 1.82) is 0 Å². The summed E-state index contributed by atoms with van der Waals surface area (Å²) < 4.78 is 26.6. The summed E-state index contributed by atoms with van der Waals surface area (Å²) in [6, 6.07) is 7.37. The summed E-state index contributed by atoms with van der Waals surface area (Å²) in [5.41, 5.74) is 3.15. The second-order valence-electron chi connectivity index (χ2n) is 10.1. The van der Waals surface area contributed by atoms with E-state index in [0.29, 0.717) is 42.6 Å². The number of carboxylic acid groups (broad SMARTS) is 1. The maximum atomic E-state index is 14.3. The van der Waals surface area contributed by atoms with Crippen LogP contribution in [-0.4, -0.2) is 52.1 Å². The highest BCUT2D eigenvalue weighted by Gasteiger charge is 2.36. The largest absolute Gasteiger partial charge is 0.496 e. The maximum absolute atomic E-state index is 14.3. The van der Waals surface area contributed by atoms with Crippen LogP contribution in [0.25, 0.3) is 11.0 Å². The number of fused-ring (bicyclic) bond motifs is 3. The number of hydrogen-bond donors (Lipinski definition) is 2. The number of amides is 1. The predicted molar refractivity (Wildman–Crippen MR) is 138 cm³/mol. The van der Waals surface area contributed by atoms with Crippen molar-refractivity contribution in [2.75, 3.05) is 19.1 Å². The van der Waals surface area contributed by atoms with E-state index in [1.807, 2.05) is 23.6 Å². The van der Waals surface area contributed by atoms with Gasteiger partial charge in [-0.1, -0.05) is 6.42 Å². The van der Waals surface area contributed by atoms with Crippen molar-refractivity contribution >= 4 is 28.8 Å². The first kappa shape index (κ1) is 26.0. The van der Waals surface area contributed by atoms with Gasteiger partial charge in [-0.2, -0.15) is 0 Å². The fourth-order valence-electron chi connectivity index (χ4n) is 6.05. The molecule has 2 aromatic carbocycles. The number of carbonyl (C=O) groups is 2. The highest BCUT2D eigenvalue weighted by Crippen LogP contribution is 2.43. The Morgan fingerprint density at radius 2 is 1.95 bits per heavy atom. The van der Waals surface area contributed by atoms with Crippen LogP contribution >= 0.6 is 0 Å². The molecule has 10 heteroatoms. The van der Waals surface area contributed by atoms with Crippen molar-refractivity contribution in [2.45, 2.75) is 63.6 Å². The number of carbonyl (C=O) groups excluding carboxylic acids is 1. The van der Waals surface area contributed by atoms with Crippen LogP contribution in [0.4, 0.5) is 14.9 Å². The SMILES string of the molecule is COC(=O)N1c2ccc3c(nc([C@@H](O)c4cc(F)ccc4OC)n3C3CCCC(C(=O)O)C3)c2CC[C@H]1C. The van der Waals surface area contributed by atoms with Gasteiger partial charge in [-0.15, -0.1) is 0 Å². The van der Waals surface area contributed by atoms with E-state index in [0.717, 1.165) is 23.9 Å². The van der Waals surface area contributed by atoms with Gasteiger partial charge in [0.2, 0.25) is 0 Å². The summed E-state index contributed by atoms with van der Waals surface area (Å²) in [6.45, 7) is 1.96. The van der Waals surface area contributed by atoms with E-state index in [-0.39, 0.29) is 23.5 Å². The molecule has 2 heterocycles. The molecule has 5 rings (SSSR count). The van der Waals surface area contributed by atoms with E-state index in [2.05, 4.69) is 0 Å². The van der Waals surface area contributed by atoms with Gasteiger partial charge in [-0.3, -0.25) is 9.69 Å². The number of carboxylic acids is 1. The number of methoxy groups -OCH3 is 2. The Bertz CT molecular complexity index is 1390. The number of imidazole rings is 1. The van der Waals surface area contributed by atoms with Crippen molar-refractivity contribution < 1.29 is 33.7 Å². The quantitative estimate of drug-likeness (QED) is 0.482. The molecule has 0 spiro atoms. The molecule has 1 aliphatic heterocycles. The molecular weight excluding hydrogens is 493 g/mol. The number of ether oxygens (including phenoxy) is 2. The lowest BCUT2D eigenvalue weighted by molar-refractivity contribution is -0.143. The summed E-state index contributed by atoms with van der Waals surface area (Å²) >= 11 is 0. The Labute approximate surface area is 219 Å². The van der Waals surface area contributed by atoms with E-state index < -0.39 is 29.9 Å². The zero-order valence-corrected chi connectivity index (χ0v) is 21.7. The third kappa shape index (κ3) is 4.36. The molecule has 2 N–H and O–H groups in total. The number of hydrogen-bond acceptors (Lipinski definition) is 6. The molecule has 4 atom stereocenters. The predicted octanol–water partition coefficient (Wildman–Crippen LogP) is 4.99. The fraction of sp³-hybridized carbons (Fsp3) is 0.464. The van der Waals surface area contributed by atoms with Gasteiger partial charge in [0.25, 0.3) is 0 Å². The monoisotopic (exact) mass is 525 g/mol. The zero-order valence-electron chi connectivity index (χ0n) is 21.7. The Balaban J connectivity index is 1.72. The van der Waals surface area contributed by atoms with Crippen molar-refractivity contribution in [2.24, 2.45) is 5.92 Å². The number of aliphatic carboxylic acids is 1. The first-order chi connectivity index (χ1) is 18.2. The number of benzene rings is 2. The van der Waals surface area contributed by atoms with Gasteiger partial charge in [-0.05, 0) is 69.4 Å². The minimum atomic E-state index is -1.33. The number of aliphatic hydroxyl groups excluding tert-OH is 1. The van der Waals surface area contributed by atoms with Crippen molar-refractivity contribution in [1.82, 2.24) is 9.55 Å². The van der Waals surface area contributed by atoms with Crippen LogP contribution in [0.15, 0.2) is 30.3 Å². The molecule has 1 aromatic heterocycles. The molecule has 2 aliphatic rings. The Kier molecular flexibility index (Phi) is 7.00. The van der Waals surface area contributed by atoms with Crippen molar-refractivity contribution in [3.8, 4) is 5.75 Å². The molecule has 2 unspecified atom stereocenters. The van der Waals surface area contributed by atoms with Crippen LogP contribution in [0.2, 0.25) is 0 Å². The van der Waals surface area contributed by atoms with E-state index >= 15 is 0 Å². The van der Waals surface area contributed by atoms with Crippen molar-refractivity contribution in [3.63, 3.8) is 0 Å². The van der Waals surface area contributed by atoms with Gasteiger partial charge in [0.15, 0.2) is 0 Å². The minimum Gasteiger partial charge on any atom is -0.496 e. The lowest BCUT2D eigenvalue weighted by atomic mass is 9.85. The number of rotatable bonds is 5. The average Bonchev–Trinajstić information content (AvgIpc) is 3.32. The molecule has 202 valence electrons. The molecule has 0 bridgehead atoms. The van der Waals surface area contributed by atoms with Gasteiger partial charge in [-0.25, -0.2) is 14.2 Å². The standard InChI is InChI=1S/C28H32FN3O6/c1-15-7-9-19-21(31(15)28(36)38-3)10-11-22-24(19)30-26(25(33)20-14-17(29)8-12-23(20)37-2)32(22)18-6-4-5-16(13-18)27(34)35/h8,10-12,14-16,18,25,33H,4-7,9,13H2,1-3H3,(H,34,35)/t15-,16?,18?,25+/m1/s1. The van der Waals surface area contributed by atoms with E-state index in [1.54, 1.807) is 4.90 Å². The van der Waals surface area contributed by atoms with Crippen LogP contribution in [0, 0.1) is 11.7 Å². The number of anilines is 1. The number of aryl methyl sites for hydroxylation is 1. The summed E-state index contributed by atoms with van der Waals surface area (Å²) in [7, 11) is 2.79. The molecule has 1 amide bonds. The fourth-order valence-corrected chi connectivity index (χ4v) is 6.05. The first-order valence-electron chi connectivity index (χ1n) is 12.9. The summed E-state index contributed by atoms with van der Waals surface area (Å²) in [6.07, 6.45) is 2.01. The van der Waals surface area contributed by atoms with Gasteiger partial charge in [0, 0.05) is 23.2 Å². The molecular formula is C28H32FN3O6. The summed E-state index contributed by atoms with van der Waals surface area (Å²) in [5, 5.41) is 21.3. The number of halogens is 1. The third-order valence-corrected chi connectivity index (χ3v) is 7.94. The summed E-state index contributed by atoms with van der Waals surface area (Å²) in [4.78, 5) is 31.0. The first-order valence-corrected chi connectivity index (χ1v) is 12.9. The number of nitrogens with zero attached hydrogens (tertiary/aromatic N) is 3. The second kappa shape index (κ2) is 10.2. The van der Waals surface area contributed by atoms with Gasteiger partial charge >= 0.3 is 12.1 Å². The van der Waals surface area contributed by atoms with Gasteiger partial charge in [0.1, 0.15) is 23.5 Å². The smallest absolute Gasteiger partial charge is 0.414 e. The molecule has 38 heavy (non-hydrogen) atoms. The van der Waals surface area contributed by atoms with Crippen molar-refractivity contribution in [3.05, 3.63) is 53.1 Å². The molecule has 0 radical (unpaired) electrons. The van der Waals surface area contributed by atoms with Crippen LogP contribution in [0.3, 0.4) is 0 Å². The van der Waals surface area contributed by atoms with E-state index in [1.165, 1.54) is 32.4 Å². The Morgan fingerprint density at radius 1 is 1.16 bits per heavy atom. The molecule has 3 aromatic rings. The maximum Gasteiger partial charge on any atom is 0.414 e. The number of aliphatic hydroxyl groups is 1. The normalized spacial score (nSPS) is 22.1. The molecule has 1 fully saturated rings. The highest BCUT2D eigenvalue weighted by molar-refractivity contribution is 5.95.